The average Bonchev–Trinajstić information content (AvgIpc) is 2.73. The van der Waals surface area contributed by atoms with Crippen molar-refractivity contribution in [1.29, 1.82) is 0 Å². The lowest BCUT2D eigenvalue weighted by Crippen LogP contribution is -2.44. The first-order valence-electron chi connectivity index (χ1n) is 8.45. The van der Waals surface area contributed by atoms with E-state index in [2.05, 4.69) is 59.3 Å². The number of piperidine rings is 1. The Bertz CT molecular complexity index is 736. The smallest absolute Gasteiger partial charge is 0.0444 e. The van der Waals surface area contributed by atoms with Gasteiger partial charge in [-0.3, -0.25) is 0 Å². The summed E-state index contributed by atoms with van der Waals surface area (Å²) in [5.74, 6) is 0.693. The lowest BCUT2D eigenvalue weighted by atomic mass is 9.88. The maximum Gasteiger partial charge on any atom is 0.0444 e. The van der Waals surface area contributed by atoms with Crippen LogP contribution < -0.4 is 4.90 Å². The Morgan fingerprint density at radius 2 is 1.77 bits per heavy atom. The highest BCUT2D eigenvalue weighted by molar-refractivity contribution is 5.69. The van der Waals surface area contributed by atoms with Crippen LogP contribution in [0.1, 0.15) is 34.6 Å². The summed E-state index contributed by atoms with van der Waals surface area (Å²) in [4.78, 5) is 5.23. The molecular formula is C20H22N2. The van der Waals surface area contributed by atoms with Crippen molar-refractivity contribution in [2.75, 3.05) is 25.0 Å². The van der Waals surface area contributed by atoms with Gasteiger partial charge >= 0.3 is 0 Å². The molecule has 5 rings (SSSR count). The molecular weight excluding hydrogens is 268 g/mol. The lowest BCUT2D eigenvalue weighted by Gasteiger charge is -2.37. The molecule has 0 unspecified atom stereocenters. The molecule has 0 amide bonds. The summed E-state index contributed by atoms with van der Waals surface area (Å²) in [6.07, 6.45) is 2.38. The first-order chi connectivity index (χ1) is 10.8. The van der Waals surface area contributed by atoms with Gasteiger partial charge in [0.1, 0.15) is 0 Å². The van der Waals surface area contributed by atoms with Crippen molar-refractivity contribution in [3.8, 4) is 0 Å². The number of benzene rings is 2. The number of likely N-dealkylation sites (tertiary alicyclic amines) is 1. The van der Waals surface area contributed by atoms with E-state index in [4.69, 9.17) is 0 Å². The summed E-state index contributed by atoms with van der Waals surface area (Å²) in [5, 5.41) is 0. The van der Waals surface area contributed by atoms with Gasteiger partial charge in [0.25, 0.3) is 0 Å². The zero-order chi connectivity index (χ0) is 14.7. The van der Waals surface area contributed by atoms with Gasteiger partial charge in [0.2, 0.25) is 0 Å². The van der Waals surface area contributed by atoms with Crippen molar-refractivity contribution >= 4 is 5.69 Å². The normalized spacial score (nSPS) is 26.1. The maximum atomic E-state index is 2.73. The zero-order valence-corrected chi connectivity index (χ0v) is 13.1. The number of likely N-dealkylation sites (N-methyl/N-ethyl adjacent to an activating group) is 1. The molecule has 0 aliphatic carbocycles. The highest BCUT2D eigenvalue weighted by atomic mass is 15.2. The van der Waals surface area contributed by atoms with Crippen LogP contribution in [-0.2, 0) is 13.0 Å². The number of fused-ring (bicyclic) bond motifs is 4. The SMILES string of the molecule is CN1CC[C@@H]2[C@H](C1)c1cccc3c1N2Cc1ccccc1C3. The third kappa shape index (κ3) is 1.70. The van der Waals surface area contributed by atoms with Crippen LogP contribution in [0.2, 0.25) is 0 Å². The molecule has 2 aromatic rings. The van der Waals surface area contributed by atoms with E-state index in [0.29, 0.717) is 12.0 Å². The second-order valence-electron chi connectivity index (χ2n) is 7.15. The van der Waals surface area contributed by atoms with Crippen LogP contribution in [0.25, 0.3) is 0 Å². The van der Waals surface area contributed by atoms with E-state index < -0.39 is 0 Å². The van der Waals surface area contributed by atoms with E-state index >= 15 is 0 Å². The fourth-order valence-corrected chi connectivity index (χ4v) is 4.82. The Hall–Kier alpha value is -1.80. The molecule has 2 heteroatoms. The number of hydrogen-bond acceptors (Lipinski definition) is 2. The van der Waals surface area contributed by atoms with E-state index in [0.717, 1.165) is 13.0 Å². The summed E-state index contributed by atoms with van der Waals surface area (Å²) in [6.45, 7) is 3.52. The molecule has 22 heavy (non-hydrogen) atoms. The third-order valence-corrected chi connectivity index (χ3v) is 5.86. The maximum absolute atomic E-state index is 2.73. The van der Waals surface area contributed by atoms with E-state index in [1.54, 1.807) is 11.3 Å². The van der Waals surface area contributed by atoms with Crippen molar-refractivity contribution in [1.82, 2.24) is 4.90 Å². The largest absolute Gasteiger partial charge is 0.363 e. The molecule has 2 nitrogen and oxygen atoms in total. The summed E-state index contributed by atoms with van der Waals surface area (Å²) < 4.78 is 0. The molecule has 3 aliphatic rings. The fraction of sp³-hybridized carbons (Fsp3) is 0.400. The first kappa shape index (κ1) is 12.7. The fourth-order valence-electron chi connectivity index (χ4n) is 4.82. The number of para-hydroxylation sites is 1. The van der Waals surface area contributed by atoms with Gasteiger partial charge in [-0.1, -0.05) is 42.5 Å². The summed E-state index contributed by atoms with van der Waals surface area (Å²) in [5.41, 5.74) is 7.71. The van der Waals surface area contributed by atoms with Gasteiger partial charge in [-0.05, 0) is 48.7 Å². The predicted molar refractivity (Wildman–Crippen MR) is 90.5 cm³/mol. The van der Waals surface area contributed by atoms with Crippen LogP contribution in [0.3, 0.4) is 0 Å². The second-order valence-corrected chi connectivity index (χ2v) is 7.15. The predicted octanol–water partition coefficient (Wildman–Crippen LogP) is 3.40. The van der Waals surface area contributed by atoms with E-state index in [9.17, 15) is 0 Å². The highest BCUT2D eigenvalue weighted by Crippen LogP contribution is 2.48. The van der Waals surface area contributed by atoms with Crippen LogP contribution >= 0.6 is 0 Å². The van der Waals surface area contributed by atoms with Crippen molar-refractivity contribution in [3.63, 3.8) is 0 Å². The minimum atomic E-state index is 0.693. The molecule has 0 bridgehead atoms. The van der Waals surface area contributed by atoms with Crippen molar-refractivity contribution in [3.05, 3.63) is 64.7 Å². The molecule has 0 saturated carbocycles. The lowest BCUT2D eigenvalue weighted by molar-refractivity contribution is 0.231. The molecule has 3 heterocycles. The summed E-state index contributed by atoms with van der Waals surface area (Å²) in [7, 11) is 2.27. The minimum Gasteiger partial charge on any atom is -0.363 e. The number of anilines is 1. The van der Waals surface area contributed by atoms with Crippen LogP contribution in [0.4, 0.5) is 5.69 Å². The Kier molecular flexibility index (Phi) is 2.66. The molecule has 0 spiro atoms. The highest BCUT2D eigenvalue weighted by Gasteiger charge is 2.42. The number of nitrogens with zero attached hydrogens (tertiary/aromatic N) is 2. The van der Waals surface area contributed by atoms with E-state index in [-0.39, 0.29) is 0 Å². The van der Waals surface area contributed by atoms with Gasteiger partial charge in [-0.2, -0.15) is 0 Å². The van der Waals surface area contributed by atoms with Crippen molar-refractivity contribution in [2.24, 2.45) is 0 Å². The number of rotatable bonds is 0. The van der Waals surface area contributed by atoms with Crippen LogP contribution in [0.15, 0.2) is 42.5 Å². The molecule has 0 aromatic heterocycles. The van der Waals surface area contributed by atoms with Crippen molar-refractivity contribution < 1.29 is 0 Å². The van der Waals surface area contributed by atoms with Gasteiger partial charge in [0.15, 0.2) is 0 Å². The van der Waals surface area contributed by atoms with Gasteiger partial charge in [0, 0.05) is 30.7 Å². The molecule has 0 radical (unpaired) electrons. The Morgan fingerprint density at radius 3 is 2.68 bits per heavy atom. The average molecular weight is 290 g/mol. The summed E-state index contributed by atoms with van der Waals surface area (Å²) in [6, 6.07) is 16.7. The quantitative estimate of drug-likeness (QED) is 0.734. The van der Waals surface area contributed by atoms with Crippen LogP contribution in [0.5, 0.6) is 0 Å². The molecule has 2 atom stereocenters. The van der Waals surface area contributed by atoms with Gasteiger partial charge in [0.05, 0.1) is 0 Å². The van der Waals surface area contributed by atoms with E-state index in [1.165, 1.54) is 36.2 Å². The molecule has 0 N–H and O–H groups in total. The topological polar surface area (TPSA) is 6.48 Å². The molecule has 1 fully saturated rings. The molecule has 3 aliphatic heterocycles. The molecule has 2 aromatic carbocycles. The van der Waals surface area contributed by atoms with E-state index in [1.807, 2.05) is 0 Å². The van der Waals surface area contributed by atoms with Crippen LogP contribution in [0, 0.1) is 0 Å². The summed E-state index contributed by atoms with van der Waals surface area (Å²) >= 11 is 0. The minimum absolute atomic E-state index is 0.693. The van der Waals surface area contributed by atoms with Gasteiger partial charge < -0.3 is 9.80 Å². The Balaban J connectivity index is 1.69. The molecule has 1 saturated heterocycles. The molecule has 112 valence electrons. The van der Waals surface area contributed by atoms with Gasteiger partial charge in [-0.25, -0.2) is 0 Å². The third-order valence-electron chi connectivity index (χ3n) is 5.86. The van der Waals surface area contributed by atoms with Gasteiger partial charge in [-0.15, -0.1) is 0 Å². The second kappa shape index (κ2) is 4.60. The number of hydrogen-bond donors (Lipinski definition) is 0. The monoisotopic (exact) mass is 290 g/mol. The van der Waals surface area contributed by atoms with Crippen molar-refractivity contribution in [2.45, 2.75) is 31.3 Å². The Morgan fingerprint density at radius 1 is 0.955 bits per heavy atom. The Labute approximate surface area is 132 Å². The van der Waals surface area contributed by atoms with Crippen LogP contribution in [-0.4, -0.2) is 31.1 Å². The zero-order valence-electron chi connectivity index (χ0n) is 13.1. The standard InChI is InChI=1S/C20H22N2/c1-21-10-9-19-18(13-21)17-8-4-7-15-11-14-5-2-3-6-16(14)12-22(19)20(15)17/h2-8,18-19H,9-13H2,1H3/t18-,19-/m1/s1. The first-order valence-corrected chi connectivity index (χ1v) is 8.45.